The largest absolute Gasteiger partial charge is 0.486 e. The Morgan fingerprint density at radius 1 is 1.24 bits per heavy atom. The molecule has 0 fully saturated rings. The molecule has 4 rings (SSSR count). The van der Waals surface area contributed by atoms with E-state index in [1.807, 2.05) is 36.7 Å². The molecule has 3 aromatic rings. The summed E-state index contributed by atoms with van der Waals surface area (Å²) in [5.74, 6) is 1.35. The fraction of sp³-hybridized carbons (Fsp3) is 0.353. The Bertz CT molecular complexity index is 904. The van der Waals surface area contributed by atoms with Crippen LogP contribution in [0.25, 0.3) is 10.2 Å². The SMILES string of the molecule is Cc1cc(C)n(CCC(=O)Nc2nc3cc4c(cc3s2)OCCO4)n1. The third-order valence-electron chi connectivity index (χ3n) is 3.95. The monoisotopic (exact) mass is 358 g/mol. The molecule has 0 radical (unpaired) electrons. The minimum atomic E-state index is -0.0797. The van der Waals surface area contributed by atoms with Gasteiger partial charge in [-0.3, -0.25) is 9.48 Å². The van der Waals surface area contributed by atoms with Gasteiger partial charge in [0.1, 0.15) is 13.2 Å². The van der Waals surface area contributed by atoms with E-state index in [2.05, 4.69) is 15.4 Å². The van der Waals surface area contributed by atoms with Crippen molar-refractivity contribution in [3.05, 3.63) is 29.6 Å². The van der Waals surface area contributed by atoms with E-state index in [9.17, 15) is 4.79 Å². The molecule has 0 unspecified atom stereocenters. The van der Waals surface area contributed by atoms with Crippen molar-refractivity contribution in [2.24, 2.45) is 0 Å². The number of aromatic nitrogens is 3. The number of anilines is 1. The van der Waals surface area contributed by atoms with E-state index in [1.165, 1.54) is 11.3 Å². The van der Waals surface area contributed by atoms with Crippen molar-refractivity contribution in [2.45, 2.75) is 26.8 Å². The minimum absolute atomic E-state index is 0.0797. The Balaban J connectivity index is 1.44. The van der Waals surface area contributed by atoms with Crippen molar-refractivity contribution in [3.63, 3.8) is 0 Å². The van der Waals surface area contributed by atoms with Gasteiger partial charge in [-0.25, -0.2) is 4.98 Å². The number of ether oxygens (including phenoxy) is 2. The van der Waals surface area contributed by atoms with Crippen LogP contribution in [0.2, 0.25) is 0 Å². The van der Waals surface area contributed by atoms with Crippen LogP contribution in [0.1, 0.15) is 17.8 Å². The van der Waals surface area contributed by atoms with Gasteiger partial charge in [-0.2, -0.15) is 5.10 Å². The average Bonchev–Trinajstić information content (AvgIpc) is 3.11. The topological polar surface area (TPSA) is 78.3 Å². The minimum Gasteiger partial charge on any atom is -0.486 e. The maximum atomic E-state index is 12.2. The first kappa shape index (κ1) is 15.9. The number of carbonyl (C=O) groups is 1. The maximum Gasteiger partial charge on any atom is 0.228 e. The number of rotatable bonds is 4. The molecule has 0 saturated heterocycles. The second-order valence-corrected chi connectivity index (χ2v) is 6.96. The predicted molar refractivity (Wildman–Crippen MR) is 95.6 cm³/mol. The third-order valence-corrected chi connectivity index (χ3v) is 4.89. The quantitative estimate of drug-likeness (QED) is 0.776. The Morgan fingerprint density at radius 3 is 2.72 bits per heavy atom. The summed E-state index contributed by atoms with van der Waals surface area (Å²) < 4.78 is 13.9. The van der Waals surface area contributed by atoms with Crippen molar-refractivity contribution in [1.82, 2.24) is 14.8 Å². The molecule has 3 heterocycles. The van der Waals surface area contributed by atoms with Gasteiger partial charge in [0.05, 0.1) is 15.9 Å². The zero-order chi connectivity index (χ0) is 17.4. The molecule has 1 aliphatic heterocycles. The zero-order valence-electron chi connectivity index (χ0n) is 14.0. The summed E-state index contributed by atoms with van der Waals surface area (Å²) in [6.07, 6.45) is 0.348. The van der Waals surface area contributed by atoms with Gasteiger partial charge in [0.15, 0.2) is 16.6 Å². The van der Waals surface area contributed by atoms with E-state index in [1.54, 1.807) is 0 Å². The maximum absolute atomic E-state index is 12.2. The van der Waals surface area contributed by atoms with Crippen LogP contribution in [0.5, 0.6) is 11.5 Å². The Morgan fingerprint density at radius 2 is 2.00 bits per heavy atom. The molecule has 1 aromatic carbocycles. The van der Waals surface area contributed by atoms with Gasteiger partial charge in [0.25, 0.3) is 0 Å². The van der Waals surface area contributed by atoms with E-state index in [4.69, 9.17) is 9.47 Å². The number of carbonyl (C=O) groups excluding carboxylic acids is 1. The lowest BCUT2D eigenvalue weighted by Crippen LogP contribution is -2.15. The first-order chi connectivity index (χ1) is 12.1. The summed E-state index contributed by atoms with van der Waals surface area (Å²) in [5.41, 5.74) is 2.80. The highest BCUT2D eigenvalue weighted by atomic mass is 32.1. The number of benzene rings is 1. The Kier molecular flexibility index (Phi) is 4.04. The standard InChI is InChI=1S/C17H18N4O3S/c1-10-7-11(2)21(20-10)4-3-16(22)19-17-18-12-8-13-14(9-15(12)25-17)24-6-5-23-13/h7-9H,3-6H2,1-2H3,(H,18,19,22). The summed E-state index contributed by atoms with van der Waals surface area (Å²) in [6.45, 7) is 5.56. The number of thiazole rings is 1. The van der Waals surface area contributed by atoms with Gasteiger partial charge in [-0.05, 0) is 19.9 Å². The number of nitrogens with one attached hydrogen (secondary N) is 1. The molecule has 25 heavy (non-hydrogen) atoms. The predicted octanol–water partition coefficient (Wildman–Crippen LogP) is 2.91. The van der Waals surface area contributed by atoms with Gasteiger partial charge in [0.2, 0.25) is 5.91 Å². The van der Waals surface area contributed by atoms with Gasteiger partial charge in [-0.1, -0.05) is 11.3 Å². The van der Waals surface area contributed by atoms with E-state index >= 15 is 0 Å². The number of hydrogen-bond acceptors (Lipinski definition) is 6. The molecule has 1 aliphatic rings. The molecule has 1 amide bonds. The first-order valence-electron chi connectivity index (χ1n) is 8.09. The van der Waals surface area contributed by atoms with Crippen LogP contribution in [0, 0.1) is 13.8 Å². The normalized spacial score (nSPS) is 13.2. The van der Waals surface area contributed by atoms with Crippen LogP contribution in [0.3, 0.4) is 0 Å². The summed E-state index contributed by atoms with van der Waals surface area (Å²) in [6, 6.07) is 5.76. The van der Waals surface area contributed by atoms with E-state index in [-0.39, 0.29) is 5.91 Å². The molecule has 0 atom stereocenters. The molecule has 0 aliphatic carbocycles. The fourth-order valence-electron chi connectivity index (χ4n) is 2.81. The highest BCUT2D eigenvalue weighted by Gasteiger charge is 2.16. The summed E-state index contributed by atoms with van der Waals surface area (Å²) >= 11 is 1.43. The molecule has 130 valence electrons. The van der Waals surface area contributed by atoms with Gasteiger partial charge >= 0.3 is 0 Å². The van der Waals surface area contributed by atoms with E-state index < -0.39 is 0 Å². The molecule has 0 spiro atoms. The lowest BCUT2D eigenvalue weighted by molar-refractivity contribution is -0.116. The van der Waals surface area contributed by atoms with Gasteiger partial charge in [-0.15, -0.1) is 0 Å². The van der Waals surface area contributed by atoms with Crippen molar-refractivity contribution < 1.29 is 14.3 Å². The van der Waals surface area contributed by atoms with Crippen molar-refractivity contribution in [1.29, 1.82) is 0 Å². The van der Waals surface area contributed by atoms with Crippen LogP contribution < -0.4 is 14.8 Å². The van der Waals surface area contributed by atoms with Crippen LogP contribution in [0.15, 0.2) is 18.2 Å². The van der Waals surface area contributed by atoms with Crippen LogP contribution >= 0.6 is 11.3 Å². The van der Waals surface area contributed by atoms with Crippen LogP contribution in [-0.2, 0) is 11.3 Å². The van der Waals surface area contributed by atoms with Gasteiger partial charge in [0, 0.05) is 30.8 Å². The van der Waals surface area contributed by atoms with Gasteiger partial charge < -0.3 is 14.8 Å². The molecule has 1 N–H and O–H groups in total. The number of amides is 1. The summed E-state index contributed by atoms with van der Waals surface area (Å²) in [4.78, 5) is 16.7. The Hall–Kier alpha value is -2.61. The third kappa shape index (κ3) is 3.30. The highest BCUT2D eigenvalue weighted by Crippen LogP contribution is 2.37. The number of hydrogen-bond donors (Lipinski definition) is 1. The molecule has 0 bridgehead atoms. The lowest BCUT2D eigenvalue weighted by Gasteiger charge is -2.17. The summed E-state index contributed by atoms with van der Waals surface area (Å²) in [5, 5.41) is 7.81. The molecular formula is C17H18N4O3S. The van der Waals surface area contributed by atoms with Crippen molar-refractivity contribution in [3.8, 4) is 11.5 Å². The molecule has 0 saturated carbocycles. The molecular weight excluding hydrogens is 340 g/mol. The van der Waals surface area contributed by atoms with Crippen molar-refractivity contribution in [2.75, 3.05) is 18.5 Å². The molecule has 2 aromatic heterocycles. The van der Waals surface area contributed by atoms with Crippen molar-refractivity contribution >= 4 is 32.6 Å². The first-order valence-corrected chi connectivity index (χ1v) is 8.91. The Labute approximate surface area is 148 Å². The fourth-order valence-corrected chi connectivity index (χ4v) is 3.70. The number of aryl methyl sites for hydroxylation is 3. The summed E-state index contributed by atoms with van der Waals surface area (Å²) in [7, 11) is 0. The highest BCUT2D eigenvalue weighted by molar-refractivity contribution is 7.22. The zero-order valence-corrected chi connectivity index (χ0v) is 14.9. The average molecular weight is 358 g/mol. The second kappa shape index (κ2) is 6.36. The van der Waals surface area contributed by atoms with Crippen LogP contribution in [-0.4, -0.2) is 33.9 Å². The number of nitrogens with zero attached hydrogens (tertiary/aromatic N) is 3. The van der Waals surface area contributed by atoms with Crippen LogP contribution in [0.4, 0.5) is 5.13 Å². The second-order valence-electron chi connectivity index (χ2n) is 5.93. The van der Waals surface area contributed by atoms with E-state index in [0.29, 0.717) is 37.1 Å². The van der Waals surface area contributed by atoms with E-state index in [0.717, 1.165) is 27.4 Å². The smallest absolute Gasteiger partial charge is 0.228 e. The lowest BCUT2D eigenvalue weighted by atomic mass is 10.3. The number of fused-ring (bicyclic) bond motifs is 2. The molecule has 8 heteroatoms. The molecule has 7 nitrogen and oxygen atoms in total.